The monoisotopic (exact) mass is 367 g/mol. The van der Waals surface area contributed by atoms with Crippen LogP contribution in [-0.4, -0.2) is 25.6 Å². The summed E-state index contributed by atoms with van der Waals surface area (Å²) in [6, 6.07) is 8.73. The van der Waals surface area contributed by atoms with Gasteiger partial charge in [0.2, 0.25) is 0 Å². The van der Waals surface area contributed by atoms with Crippen molar-refractivity contribution in [2.24, 2.45) is 0 Å². The quantitative estimate of drug-likeness (QED) is 0.762. The summed E-state index contributed by atoms with van der Waals surface area (Å²) < 4.78 is 10.2. The predicted molar refractivity (Wildman–Crippen MR) is 93.5 cm³/mol. The molecule has 5 nitrogen and oxygen atoms in total. The third kappa shape index (κ3) is 5.25. The van der Waals surface area contributed by atoms with Crippen molar-refractivity contribution in [1.82, 2.24) is 5.32 Å². The number of esters is 1. The van der Waals surface area contributed by atoms with Crippen molar-refractivity contribution in [2.45, 2.75) is 19.4 Å². The van der Waals surface area contributed by atoms with E-state index in [1.165, 1.54) is 7.11 Å². The standard InChI is InChI=1S/C17H18ClNO4S/c1-11(15-4-3-7-24-15)19-16(20)10-23-17(21)9-12-8-13(18)5-6-14(12)22-2/h3-8,11H,9-10H2,1-2H3,(H,19,20)/t11-/m0/s1. The number of carbonyl (C=O) groups is 2. The number of benzene rings is 1. The van der Waals surface area contributed by atoms with E-state index in [1.807, 2.05) is 24.4 Å². The minimum atomic E-state index is -0.519. The Hall–Kier alpha value is -2.05. The van der Waals surface area contributed by atoms with Crippen LogP contribution in [0.25, 0.3) is 0 Å². The van der Waals surface area contributed by atoms with Crippen molar-refractivity contribution in [1.29, 1.82) is 0 Å². The maximum Gasteiger partial charge on any atom is 0.310 e. The van der Waals surface area contributed by atoms with Gasteiger partial charge in [-0.3, -0.25) is 9.59 Å². The molecule has 1 amide bonds. The Labute approximate surface area is 149 Å². The van der Waals surface area contributed by atoms with E-state index in [-0.39, 0.29) is 25.0 Å². The first-order valence-electron chi connectivity index (χ1n) is 7.30. The molecule has 0 fully saturated rings. The first-order valence-corrected chi connectivity index (χ1v) is 8.56. The number of hydrogen-bond donors (Lipinski definition) is 1. The number of ether oxygens (including phenoxy) is 2. The molecular weight excluding hydrogens is 350 g/mol. The lowest BCUT2D eigenvalue weighted by Gasteiger charge is -2.13. The van der Waals surface area contributed by atoms with Gasteiger partial charge in [-0.25, -0.2) is 0 Å². The molecule has 2 rings (SSSR count). The molecule has 1 aromatic heterocycles. The lowest BCUT2D eigenvalue weighted by Crippen LogP contribution is -2.31. The van der Waals surface area contributed by atoms with Gasteiger partial charge in [-0.1, -0.05) is 17.7 Å². The number of halogens is 1. The van der Waals surface area contributed by atoms with E-state index in [4.69, 9.17) is 21.1 Å². The van der Waals surface area contributed by atoms with Crippen molar-refractivity contribution in [2.75, 3.05) is 13.7 Å². The van der Waals surface area contributed by atoms with Crippen LogP contribution in [0.3, 0.4) is 0 Å². The Balaban J connectivity index is 1.83. The lowest BCUT2D eigenvalue weighted by molar-refractivity contribution is -0.148. The van der Waals surface area contributed by atoms with Crippen molar-refractivity contribution in [3.05, 3.63) is 51.2 Å². The molecule has 24 heavy (non-hydrogen) atoms. The average Bonchev–Trinajstić information content (AvgIpc) is 3.08. The van der Waals surface area contributed by atoms with E-state index in [9.17, 15) is 9.59 Å². The summed E-state index contributed by atoms with van der Waals surface area (Å²) in [7, 11) is 1.51. The van der Waals surface area contributed by atoms with E-state index in [0.29, 0.717) is 16.3 Å². The van der Waals surface area contributed by atoms with E-state index >= 15 is 0 Å². The Morgan fingerprint density at radius 2 is 2.12 bits per heavy atom. The molecule has 1 atom stereocenters. The zero-order chi connectivity index (χ0) is 17.5. The number of amides is 1. The summed E-state index contributed by atoms with van der Waals surface area (Å²) in [5.74, 6) is -0.316. The molecule has 0 saturated carbocycles. The maximum atomic E-state index is 11.9. The Bertz CT molecular complexity index is 703. The molecule has 0 aliphatic rings. The van der Waals surface area contributed by atoms with Crippen LogP contribution in [0.2, 0.25) is 5.02 Å². The average molecular weight is 368 g/mol. The molecule has 0 saturated heterocycles. The van der Waals surface area contributed by atoms with Crippen molar-refractivity contribution in [3.8, 4) is 5.75 Å². The van der Waals surface area contributed by atoms with Gasteiger partial charge in [0.15, 0.2) is 6.61 Å². The largest absolute Gasteiger partial charge is 0.496 e. The third-order valence-electron chi connectivity index (χ3n) is 3.29. The number of methoxy groups -OCH3 is 1. The highest BCUT2D eigenvalue weighted by molar-refractivity contribution is 7.10. The van der Waals surface area contributed by atoms with Gasteiger partial charge in [-0.15, -0.1) is 11.3 Å². The number of hydrogen-bond acceptors (Lipinski definition) is 5. The van der Waals surface area contributed by atoms with E-state index in [2.05, 4.69) is 5.32 Å². The zero-order valence-electron chi connectivity index (χ0n) is 13.4. The van der Waals surface area contributed by atoms with Gasteiger partial charge in [0, 0.05) is 15.5 Å². The normalized spacial score (nSPS) is 11.6. The van der Waals surface area contributed by atoms with Crippen LogP contribution in [0, 0.1) is 0 Å². The lowest BCUT2D eigenvalue weighted by atomic mass is 10.1. The highest BCUT2D eigenvalue weighted by Crippen LogP contribution is 2.23. The van der Waals surface area contributed by atoms with Gasteiger partial charge >= 0.3 is 5.97 Å². The minimum absolute atomic E-state index is 0.0164. The molecule has 1 heterocycles. The zero-order valence-corrected chi connectivity index (χ0v) is 14.9. The van der Waals surface area contributed by atoms with E-state index < -0.39 is 5.97 Å². The summed E-state index contributed by atoms with van der Waals surface area (Å²) >= 11 is 7.48. The van der Waals surface area contributed by atoms with Gasteiger partial charge in [0.05, 0.1) is 19.6 Å². The molecule has 7 heteroatoms. The first kappa shape index (κ1) is 18.3. The van der Waals surface area contributed by atoms with Crippen LogP contribution in [0.1, 0.15) is 23.4 Å². The molecule has 2 aromatic rings. The number of nitrogens with one attached hydrogen (secondary N) is 1. The molecule has 0 aliphatic heterocycles. The maximum absolute atomic E-state index is 11.9. The van der Waals surface area contributed by atoms with Gasteiger partial charge in [0.1, 0.15) is 5.75 Å². The molecule has 1 N–H and O–H groups in total. The smallest absolute Gasteiger partial charge is 0.310 e. The highest BCUT2D eigenvalue weighted by Gasteiger charge is 2.14. The van der Waals surface area contributed by atoms with Crippen molar-refractivity contribution < 1.29 is 19.1 Å². The SMILES string of the molecule is COc1ccc(Cl)cc1CC(=O)OCC(=O)N[C@@H](C)c1cccs1. The van der Waals surface area contributed by atoms with Crippen LogP contribution >= 0.6 is 22.9 Å². The summed E-state index contributed by atoms with van der Waals surface area (Å²) in [6.45, 7) is 1.56. The van der Waals surface area contributed by atoms with Crippen LogP contribution in [0.4, 0.5) is 0 Å². The summed E-state index contributed by atoms with van der Waals surface area (Å²) in [6.07, 6.45) is -0.0164. The predicted octanol–water partition coefficient (Wildman–Crippen LogP) is 3.37. The van der Waals surface area contributed by atoms with E-state index in [1.54, 1.807) is 29.5 Å². The first-order chi connectivity index (χ1) is 11.5. The van der Waals surface area contributed by atoms with Crippen LogP contribution in [0.15, 0.2) is 35.7 Å². The molecule has 1 aromatic carbocycles. The number of rotatable bonds is 7. The van der Waals surface area contributed by atoms with Crippen molar-refractivity contribution in [3.63, 3.8) is 0 Å². The molecule has 0 bridgehead atoms. The Morgan fingerprint density at radius 3 is 2.79 bits per heavy atom. The number of thiophene rings is 1. The van der Waals surface area contributed by atoms with E-state index in [0.717, 1.165) is 4.88 Å². The molecule has 0 spiro atoms. The van der Waals surface area contributed by atoms with Crippen LogP contribution < -0.4 is 10.1 Å². The molecule has 128 valence electrons. The second kappa shape index (κ2) is 8.70. The fourth-order valence-electron chi connectivity index (χ4n) is 2.13. The molecule has 0 unspecified atom stereocenters. The van der Waals surface area contributed by atoms with Crippen LogP contribution in [-0.2, 0) is 20.7 Å². The molecule has 0 radical (unpaired) electrons. The number of carbonyl (C=O) groups excluding carboxylic acids is 2. The summed E-state index contributed by atoms with van der Waals surface area (Å²) in [4.78, 5) is 24.8. The van der Waals surface area contributed by atoms with Gasteiger partial charge in [0.25, 0.3) is 5.91 Å². The minimum Gasteiger partial charge on any atom is -0.496 e. The fourth-order valence-corrected chi connectivity index (χ4v) is 3.06. The second-order valence-electron chi connectivity index (χ2n) is 5.10. The summed E-state index contributed by atoms with van der Waals surface area (Å²) in [5.41, 5.74) is 0.613. The topological polar surface area (TPSA) is 64.6 Å². The Morgan fingerprint density at radius 1 is 1.33 bits per heavy atom. The van der Waals surface area contributed by atoms with Gasteiger partial charge in [-0.05, 0) is 36.6 Å². The van der Waals surface area contributed by atoms with Gasteiger partial charge in [-0.2, -0.15) is 0 Å². The third-order valence-corrected chi connectivity index (χ3v) is 4.58. The molecule has 0 aliphatic carbocycles. The molecular formula is C17H18ClNO4S. The second-order valence-corrected chi connectivity index (χ2v) is 6.51. The van der Waals surface area contributed by atoms with Gasteiger partial charge < -0.3 is 14.8 Å². The van der Waals surface area contributed by atoms with Crippen LogP contribution in [0.5, 0.6) is 5.75 Å². The Kier molecular flexibility index (Phi) is 6.63. The fraction of sp³-hybridized carbons (Fsp3) is 0.294. The summed E-state index contributed by atoms with van der Waals surface area (Å²) in [5, 5.41) is 5.22. The highest BCUT2D eigenvalue weighted by atomic mass is 35.5. The van der Waals surface area contributed by atoms with Crippen molar-refractivity contribution >= 4 is 34.8 Å².